The summed E-state index contributed by atoms with van der Waals surface area (Å²) in [6.45, 7) is 3.74. The Hall–Kier alpha value is -0.830. The molecule has 2 aliphatic heterocycles. The summed E-state index contributed by atoms with van der Waals surface area (Å²) in [7, 11) is -3.71. The molecule has 9 heteroatoms. The van der Waals surface area contributed by atoms with Gasteiger partial charge in [0.05, 0.1) is 13.2 Å². The van der Waals surface area contributed by atoms with Crippen LogP contribution in [0.5, 0.6) is 5.75 Å². The van der Waals surface area contributed by atoms with Gasteiger partial charge in [-0.25, -0.2) is 13.1 Å². The number of hydrogen-bond donors (Lipinski definition) is 2. The van der Waals surface area contributed by atoms with Gasteiger partial charge in [0.2, 0.25) is 10.0 Å². The van der Waals surface area contributed by atoms with Crippen LogP contribution >= 0.6 is 24.0 Å². The summed E-state index contributed by atoms with van der Waals surface area (Å²) >= 11 is 6.01. The van der Waals surface area contributed by atoms with E-state index in [4.69, 9.17) is 21.1 Å². The van der Waals surface area contributed by atoms with Crippen LogP contribution in [0.25, 0.3) is 0 Å². The maximum atomic E-state index is 12.7. The second kappa shape index (κ2) is 9.92. The minimum atomic E-state index is -3.71. The monoisotopic (exact) mass is 422 g/mol. The number of hydrogen-bond acceptors (Lipinski definition) is 5. The average Bonchev–Trinajstić information content (AvgIpc) is 3.13. The second-order valence-corrected chi connectivity index (χ2v) is 8.44. The fraction of sp³-hybridized carbons (Fsp3) is 0.529. The molecule has 0 aromatic heterocycles. The molecule has 1 saturated heterocycles. The predicted molar refractivity (Wildman–Crippen MR) is 104 cm³/mol. The first-order valence-electron chi connectivity index (χ1n) is 8.43. The molecule has 1 atom stereocenters. The van der Waals surface area contributed by atoms with Gasteiger partial charge in [0.25, 0.3) is 0 Å². The molecular weight excluding hydrogens is 399 g/mol. The van der Waals surface area contributed by atoms with Crippen molar-refractivity contribution in [3.8, 4) is 5.75 Å². The molecule has 1 aromatic carbocycles. The summed E-state index contributed by atoms with van der Waals surface area (Å²) in [4.78, 5) is 0.0773. The zero-order valence-corrected chi connectivity index (χ0v) is 16.8. The van der Waals surface area contributed by atoms with Gasteiger partial charge >= 0.3 is 0 Å². The smallest absolute Gasteiger partial charge is 0.244 e. The molecule has 0 amide bonds. The number of benzene rings is 1. The highest BCUT2D eigenvalue weighted by Crippen LogP contribution is 2.28. The van der Waals surface area contributed by atoms with Gasteiger partial charge in [-0.2, -0.15) is 0 Å². The van der Waals surface area contributed by atoms with E-state index >= 15 is 0 Å². The Morgan fingerprint density at radius 1 is 1.38 bits per heavy atom. The normalized spacial score (nSPS) is 20.3. The fourth-order valence-electron chi connectivity index (χ4n) is 2.83. The van der Waals surface area contributed by atoms with E-state index < -0.39 is 10.0 Å². The lowest BCUT2D eigenvalue weighted by atomic mass is 10.1. The van der Waals surface area contributed by atoms with E-state index in [9.17, 15) is 8.42 Å². The van der Waals surface area contributed by atoms with Gasteiger partial charge < -0.3 is 14.8 Å². The van der Waals surface area contributed by atoms with E-state index in [1.165, 1.54) is 6.07 Å². The predicted octanol–water partition coefficient (Wildman–Crippen LogP) is 2.38. The van der Waals surface area contributed by atoms with Gasteiger partial charge in [0, 0.05) is 30.6 Å². The summed E-state index contributed by atoms with van der Waals surface area (Å²) < 4.78 is 39.2. The van der Waals surface area contributed by atoms with Crippen LogP contribution in [0.15, 0.2) is 34.7 Å². The number of rotatable bonds is 7. The van der Waals surface area contributed by atoms with Crippen molar-refractivity contribution in [3.05, 3.63) is 34.9 Å². The topological polar surface area (TPSA) is 76.7 Å². The largest absolute Gasteiger partial charge is 0.492 e. The molecule has 0 aliphatic carbocycles. The van der Waals surface area contributed by atoms with Crippen LogP contribution in [0.2, 0.25) is 5.02 Å². The summed E-state index contributed by atoms with van der Waals surface area (Å²) in [5.74, 6) is 0.613. The minimum Gasteiger partial charge on any atom is -0.492 e. The molecule has 2 aliphatic rings. The first-order valence-corrected chi connectivity index (χ1v) is 10.3. The van der Waals surface area contributed by atoms with Crippen molar-refractivity contribution in [2.24, 2.45) is 5.92 Å². The Bertz CT molecular complexity index is 734. The van der Waals surface area contributed by atoms with Crippen molar-refractivity contribution >= 4 is 34.0 Å². The lowest BCUT2D eigenvalue weighted by Gasteiger charge is -2.17. The van der Waals surface area contributed by atoms with Crippen LogP contribution < -0.4 is 14.8 Å². The molecule has 26 heavy (non-hydrogen) atoms. The Kier molecular flexibility index (Phi) is 8.19. The van der Waals surface area contributed by atoms with Crippen molar-refractivity contribution in [1.29, 1.82) is 0 Å². The quantitative estimate of drug-likeness (QED) is 0.659. The molecule has 0 saturated carbocycles. The second-order valence-electron chi connectivity index (χ2n) is 6.27. The maximum Gasteiger partial charge on any atom is 0.244 e. The number of sulfonamides is 1. The summed E-state index contributed by atoms with van der Waals surface area (Å²) in [5, 5.41) is 3.56. The highest BCUT2D eigenvalue weighted by atomic mass is 35.5. The fourth-order valence-corrected chi connectivity index (χ4v) is 4.27. The standard InChI is InChI=1S/C17H23ClN2O4S.ClH/c18-15-1-2-16(24-12-14-5-8-23-11-14)17(9-15)25(21,22)20-10-13-3-6-19-7-4-13;/h1-3,9,14,19-20H,4-8,10-12H2;1H. The maximum absolute atomic E-state index is 12.7. The van der Waals surface area contributed by atoms with Crippen molar-refractivity contribution in [2.75, 3.05) is 39.5 Å². The molecule has 0 radical (unpaired) electrons. The number of ether oxygens (including phenoxy) is 2. The molecule has 2 heterocycles. The molecule has 2 N–H and O–H groups in total. The van der Waals surface area contributed by atoms with Crippen molar-refractivity contribution in [1.82, 2.24) is 10.0 Å². The SMILES string of the molecule is Cl.O=S(=O)(NCC1=CCNCC1)c1cc(Cl)ccc1OCC1CCOC1. The van der Waals surface area contributed by atoms with E-state index in [1.54, 1.807) is 12.1 Å². The van der Waals surface area contributed by atoms with E-state index in [2.05, 4.69) is 10.0 Å². The van der Waals surface area contributed by atoms with E-state index in [1.807, 2.05) is 6.08 Å². The van der Waals surface area contributed by atoms with Gasteiger partial charge in [-0.1, -0.05) is 23.3 Å². The van der Waals surface area contributed by atoms with Crippen LogP contribution in [0.1, 0.15) is 12.8 Å². The highest BCUT2D eigenvalue weighted by molar-refractivity contribution is 7.89. The van der Waals surface area contributed by atoms with Crippen LogP contribution in [0.4, 0.5) is 0 Å². The molecule has 0 spiro atoms. The molecular formula is C17H24Cl2N2O4S. The van der Waals surface area contributed by atoms with Crippen molar-refractivity contribution in [3.63, 3.8) is 0 Å². The molecule has 6 nitrogen and oxygen atoms in total. The van der Waals surface area contributed by atoms with E-state index in [-0.39, 0.29) is 17.3 Å². The third kappa shape index (κ3) is 5.84. The van der Waals surface area contributed by atoms with Gasteiger partial charge in [0.15, 0.2) is 0 Å². The zero-order valence-electron chi connectivity index (χ0n) is 14.4. The third-order valence-electron chi connectivity index (χ3n) is 4.34. The Morgan fingerprint density at radius 3 is 2.92 bits per heavy atom. The third-order valence-corrected chi connectivity index (χ3v) is 6.00. The molecule has 0 bridgehead atoms. The Morgan fingerprint density at radius 2 is 2.23 bits per heavy atom. The minimum absolute atomic E-state index is 0. The van der Waals surface area contributed by atoms with Crippen LogP contribution in [0, 0.1) is 5.92 Å². The van der Waals surface area contributed by atoms with Crippen LogP contribution in [0.3, 0.4) is 0 Å². The molecule has 3 rings (SSSR count). The van der Waals surface area contributed by atoms with E-state index in [0.29, 0.717) is 36.4 Å². The van der Waals surface area contributed by atoms with Crippen LogP contribution in [-0.2, 0) is 14.8 Å². The van der Waals surface area contributed by atoms with Gasteiger partial charge in [0.1, 0.15) is 10.6 Å². The first-order chi connectivity index (χ1) is 12.0. The van der Waals surface area contributed by atoms with E-state index in [0.717, 1.165) is 38.1 Å². The van der Waals surface area contributed by atoms with Crippen molar-refractivity contribution in [2.45, 2.75) is 17.7 Å². The lowest BCUT2D eigenvalue weighted by molar-refractivity contribution is 0.166. The average molecular weight is 423 g/mol. The van der Waals surface area contributed by atoms with Gasteiger partial charge in [-0.15, -0.1) is 12.4 Å². The first kappa shape index (κ1) is 21.5. The molecule has 1 unspecified atom stereocenters. The summed E-state index contributed by atoms with van der Waals surface area (Å²) in [5.41, 5.74) is 1.08. The summed E-state index contributed by atoms with van der Waals surface area (Å²) in [6, 6.07) is 4.67. The van der Waals surface area contributed by atoms with Gasteiger partial charge in [-0.05, 0) is 37.6 Å². The molecule has 1 aromatic rings. The van der Waals surface area contributed by atoms with Gasteiger partial charge in [-0.3, -0.25) is 0 Å². The van der Waals surface area contributed by atoms with Crippen molar-refractivity contribution < 1.29 is 17.9 Å². The number of halogens is 2. The van der Waals surface area contributed by atoms with Crippen LogP contribution in [-0.4, -0.2) is 47.9 Å². The lowest BCUT2D eigenvalue weighted by Crippen LogP contribution is -2.30. The Balaban J connectivity index is 0.00000243. The highest BCUT2D eigenvalue weighted by Gasteiger charge is 2.23. The zero-order chi connectivity index (χ0) is 17.7. The number of nitrogens with one attached hydrogen (secondary N) is 2. The summed E-state index contributed by atoms with van der Waals surface area (Å²) in [6.07, 6.45) is 3.78. The molecule has 146 valence electrons. The Labute approximate surface area is 165 Å². The molecule has 1 fully saturated rings.